The minimum Gasteiger partial charge on any atom is -0.0870 e. The minimum absolute atomic E-state index is 1.32. The average molecular weight is 316 g/mol. The lowest BCUT2D eigenvalue weighted by Gasteiger charge is -2.21. The third kappa shape index (κ3) is 1.81. The number of hydrogen-bond acceptors (Lipinski definition) is 2. The maximum atomic E-state index is 2.26. The second-order valence-corrected chi connectivity index (χ2v) is 7.54. The molecule has 0 N–H and O–H groups in total. The molecule has 0 atom stereocenters. The van der Waals surface area contributed by atoms with Crippen LogP contribution in [0.25, 0.3) is 21.5 Å². The van der Waals surface area contributed by atoms with E-state index in [2.05, 4.69) is 72.8 Å². The summed E-state index contributed by atoms with van der Waals surface area (Å²) in [5, 5.41) is 5.35. The van der Waals surface area contributed by atoms with Gasteiger partial charge in [0.1, 0.15) is 0 Å². The van der Waals surface area contributed by atoms with E-state index in [1.54, 1.807) is 0 Å². The Bertz CT molecular complexity index is 949. The number of rotatable bonds is 0. The molecule has 0 amide bonds. The van der Waals surface area contributed by atoms with Crippen LogP contribution in [0, 0.1) is 0 Å². The predicted octanol–water partition coefficient (Wildman–Crippen LogP) is 6.61. The quantitative estimate of drug-likeness (QED) is 0.315. The Kier molecular flexibility index (Phi) is 2.76. The summed E-state index contributed by atoms with van der Waals surface area (Å²) < 4.78 is 0. The Labute approximate surface area is 137 Å². The average Bonchev–Trinajstić information content (AvgIpc) is 2.60. The lowest BCUT2D eigenvalue weighted by Crippen LogP contribution is -1.92. The van der Waals surface area contributed by atoms with Crippen LogP contribution in [-0.4, -0.2) is 0 Å². The van der Waals surface area contributed by atoms with Gasteiger partial charge in [0.05, 0.1) is 0 Å². The zero-order chi connectivity index (χ0) is 14.5. The van der Waals surface area contributed by atoms with Gasteiger partial charge in [-0.05, 0) is 33.7 Å². The molecule has 4 aromatic carbocycles. The molecule has 1 heterocycles. The Hall–Kier alpha value is -1.90. The highest BCUT2D eigenvalue weighted by molar-refractivity contribution is 8.05. The monoisotopic (exact) mass is 316 g/mol. The third-order valence-electron chi connectivity index (χ3n) is 4.11. The molecule has 1 aliphatic heterocycles. The van der Waals surface area contributed by atoms with Crippen LogP contribution < -0.4 is 0 Å². The fraction of sp³-hybridized carbons (Fsp3) is 0. The fourth-order valence-electron chi connectivity index (χ4n) is 3.04. The number of fused-ring (bicyclic) bond motifs is 6. The van der Waals surface area contributed by atoms with Crippen LogP contribution in [0.15, 0.2) is 92.4 Å². The smallest absolute Gasteiger partial charge is 0.0340 e. The van der Waals surface area contributed by atoms with Crippen LogP contribution in [0.1, 0.15) is 0 Å². The summed E-state index contributed by atoms with van der Waals surface area (Å²) in [6, 6.07) is 26.3. The van der Waals surface area contributed by atoms with Crippen molar-refractivity contribution < 1.29 is 0 Å². The van der Waals surface area contributed by atoms with Gasteiger partial charge in [0.25, 0.3) is 0 Å². The second-order valence-electron chi connectivity index (χ2n) is 5.43. The first-order chi connectivity index (χ1) is 10.9. The molecular formula is C20H12S2. The fourth-order valence-corrected chi connectivity index (χ4v) is 5.58. The lowest BCUT2D eigenvalue weighted by molar-refractivity contribution is 1.21. The molecule has 5 rings (SSSR count). The summed E-state index contributed by atoms with van der Waals surface area (Å²) in [6.45, 7) is 0. The molecule has 0 aromatic heterocycles. The Morgan fingerprint density at radius 1 is 0.455 bits per heavy atom. The lowest BCUT2D eigenvalue weighted by atomic mass is 10.1. The van der Waals surface area contributed by atoms with Crippen LogP contribution in [0.3, 0.4) is 0 Å². The molecular weight excluding hydrogens is 304 g/mol. The molecule has 0 bridgehead atoms. The van der Waals surface area contributed by atoms with Crippen molar-refractivity contribution in [3.05, 3.63) is 72.8 Å². The van der Waals surface area contributed by atoms with E-state index in [1.165, 1.54) is 41.1 Å². The first-order valence-corrected chi connectivity index (χ1v) is 8.93. The summed E-state index contributed by atoms with van der Waals surface area (Å²) in [7, 11) is 0. The van der Waals surface area contributed by atoms with E-state index in [4.69, 9.17) is 0 Å². The molecule has 0 saturated carbocycles. The van der Waals surface area contributed by atoms with Crippen molar-refractivity contribution in [3.63, 3.8) is 0 Å². The minimum atomic E-state index is 1.32. The normalized spacial score (nSPS) is 13.1. The summed E-state index contributed by atoms with van der Waals surface area (Å²) in [4.78, 5) is 5.52. The molecule has 2 heteroatoms. The van der Waals surface area contributed by atoms with E-state index in [9.17, 15) is 0 Å². The van der Waals surface area contributed by atoms with Gasteiger partial charge < -0.3 is 0 Å². The molecule has 0 saturated heterocycles. The van der Waals surface area contributed by atoms with Gasteiger partial charge in [-0.2, -0.15) is 0 Å². The first kappa shape index (κ1) is 12.6. The van der Waals surface area contributed by atoms with Crippen molar-refractivity contribution in [1.29, 1.82) is 0 Å². The standard InChI is InChI=1S/C20H12S2/c1-3-7-15-13(5-1)9-11-17-19(15)21-18-12-10-14-6-2-4-8-16(14)20(18)22-17/h1-12H. The Morgan fingerprint density at radius 3 is 1.41 bits per heavy atom. The van der Waals surface area contributed by atoms with E-state index in [0.717, 1.165) is 0 Å². The molecule has 104 valence electrons. The van der Waals surface area contributed by atoms with Crippen LogP contribution in [0.4, 0.5) is 0 Å². The van der Waals surface area contributed by atoms with Gasteiger partial charge in [0, 0.05) is 19.6 Å². The molecule has 0 unspecified atom stereocenters. The van der Waals surface area contributed by atoms with Gasteiger partial charge in [0.15, 0.2) is 0 Å². The Morgan fingerprint density at radius 2 is 0.909 bits per heavy atom. The van der Waals surface area contributed by atoms with Gasteiger partial charge in [-0.15, -0.1) is 0 Å². The van der Waals surface area contributed by atoms with Gasteiger partial charge >= 0.3 is 0 Å². The molecule has 0 aliphatic carbocycles. The van der Waals surface area contributed by atoms with Gasteiger partial charge in [-0.25, -0.2) is 0 Å². The van der Waals surface area contributed by atoms with E-state index < -0.39 is 0 Å². The van der Waals surface area contributed by atoms with Crippen molar-refractivity contribution in [1.82, 2.24) is 0 Å². The van der Waals surface area contributed by atoms with Crippen molar-refractivity contribution >= 4 is 45.1 Å². The van der Waals surface area contributed by atoms with E-state index >= 15 is 0 Å². The maximum Gasteiger partial charge on any atom is 0.0340 e. The van der Waals surface area contributed by atoms with Gasteiger partial charge in [-0.3, -0.25) is 0 Å². The zero-order valence-electron chi connectivity index (χ0n) is 11.7. The van der Waals surface area contributed by atoms with Crippen molar-refractivity contribution in [2.75, 3.05) is 0 Å². The van der Waals surface area contributed by atoms with Crippen molar-refractivity contribution in [2.45, 2.75) is 19.6 Å². The second kappa shape index (κ2) is 4.80. The number of benzene rings is 4. The molecule has 1 aliphatic rings. The number of hydrogen-bond donors (Lipinski definition) is 0. The maximum absolute atomic E-state index is 2.26. The van der Waals surface area contributed by atoms with E-state index in [-0.39, 0.29) is 0 Å². The van der Waals surface area contributed by atoms with Crippen molar-refractivity contribution in [2.24, 2.45) is 0 Å². The van der Waals surface area contributed by atoms with Crippen LogP contribution >= 0.6 is 23.5 Å². The molecule has 4 aromatic rings. The first-order valence-electron chi connectivity index (χ1n) is 7.29. The largest absolute Gasteiger partial charge is 0.0870 e. The van der Waals surface area contributed by atoms with Crippen molar-refractivity contribution in [3.8, 4) is 0 Å². The van der Waals surface area contributed by atoms with Crippen LogP contribution in [0.5, 0.6) is 0 Å². The summed E-state index contributed by atoms with van der Waals surface area (Å²) in [5.74, 6) is 0. The van der Waals surface area contributed by atoms with Gasteiger partial charge in [-0.1, -0.05) is 84.2 Å². The molecule has 0 radical (unpaired) electrons. The highest BCUT2D eigenvalue weighted by atomic mass is 32.2. The predicted molar refractivity (Wildman–Crippen MR) is 96.1 cm³/mol. The van der Waals surface area contributed by atoms with E-state index in [0.29, 0.717) is 0 Å². The highest BCUT2D eigenvalue weighted by Gasteiger charge is 2.20. The van der Waals surface area contributed by atoms with Gasteiger partial charge in [0.2, 0.25) is 0 Å². The summed E-state index contributed by atoms with van der Waals surface area (Å²) in [5.41, 5.74) is 0. The molecule has 0 spiro atoms. The van der Waals surface area contributed by atoms with Crippen LogP contribution in [-0.2, 0) is 0 Å². The highest BCUT2D eigenvalue weighted by Crippen LogP contribution is 2.52. The third-order valence-corrected chi connectivity index (χ3v) is 6.78. The Balaban J connectivity index is 1.78. The van der Waals surface area contributed by atoms with E-state index in [1.807, 2.05) is 23.5 Å². The topological polar surface area (TPSA) is 0 Å². The van der Waals surface area contributed by atoms with Crippen LogP contribution in [0.2, 0.25) is 0 Å². The summed E-state index contributed by atoms with van der Waals surface area (Å²) >= 11 is 3.81. The zero-order valence-corrected chi connectivity index (χ0v) is 13.4. The molecule has 0 nitrogen and oxygen atoms in total. The molecule has 0 fully saturated rings. The molecule has 22 heavy (non-hydrogen) atoms. The summed E-state index contributed by atoms with van der Waals surface area (Å²) in [6.07, 6.45) is 0. The SMILES string of the molecule is c1ccc2c3c(ccc2c1)Sc1c(ccc2ccccc12)S3.